The summed E-state index contributed by atoms with van der Waals surface area (Å²) in [5, 5.41) is 13.8. The maximum atomic E-state index is 12.3. The van der Waals surface area contributed by atoms with Crippen LogP contribution in [0.25, 0.3) is 0 Å². The minimum absolute atomic E-state index is 0.0919. The molecule has 116 valence electrons. The summed E-state index contributed by atoms with van der Waals surface area (Å²) >= 11 is 0. The quantitative estimate of drug-likeness (QED) is 0.796. The number of hydrogen-bond donors (Lipinski definition) is 2. The molecule has 0 saturated heterocycles. The lowest BCUT2D eigenvalue weighted by Gasteiger charge is -2.18. The predicted octanol–water partition coefficient (Wildman–Crippen LogP) is 1.67. The van der Waals surface area contributed by atoms with E-state index in [2.05, 4.69) is 10.6 Å². The fourth-order valence-corrected chi connectivity index (χ4v) is 2.14. The molecule has 0 unspecified atom stereocenters. The van der Waals surface area contributed by atoms with E-state index in [0.29, 0.717) is 12.0 Å². The van der Waals surface area contributed by atoms with Crippen molar-refractivity contribution in [3.8, 4) is 6.07 Å². The van der Waals surface area contributed by atoms with E-state index in [1.807, 2.05) is 42.5 Å². The summed E-state index contributed by atoms with van der Waals surface area (Å²) in [7, 11) is 0. The fraction of sp³-hybridized carbons (Fsp3) is 0.167. The van der Waals surface area contributed by atoms with Gasteiger partial charge in [-0.2, -0.15) is 5.26 Å². The van der Waals surface area contributed by atoms with E-state index in [1.165, 1.54) is 0 Å². The van der Waals surface area contributed by atoms with Crippen LogP contribution in [0.5, 0.6) is 0 Å². The van der Waals surface area contributed by atoms with Crippen LogP contribution in [0, 0.1) is 11.3 Å². The molecule has 0 aliphatic heterocycles. The van der Waals surface area contributed by atoms with Gasteiger partial charge in [-0.25, -0.2) is 0 Å². The topological polar surface area (TPSA) is 82.0 Å². The molecule has 2 aromatic rings. The van der Waals surface area contributed by atoms with E-state index in [1.54, 1.807) is 24.3 Å². The summed E-state index contributed by atoms with van der Waals surface area (Å²) in [6.07, 6.45) is 0.358. The molecule has 2 rings (SSSR count). The number of nitrogens with one attached hydrogen (secondary N) is 2. The van der Waals surface area contributed by atoms with Crippen LogP contribution in [0.4, 0.5) is 0 Å². The third-order valence-corrected chi connectivity index (χ3v) is 3.28. The van der Waals surface area contributed by atoms with Gasteiger partial charge in [0, 0.05) is 12.0 Å². The van der Waals surface area contributed by atoms with Crippen LogP contribution >= 0.6 is 0 Å². The standard InChI is InChI=1S/C18H17N3O2/c19-11-12-20-18(23)16(13-14-7-3-1-4-8-14)21-17(22)15-9-5-2-6-10-15/h1-10,16H,12-13H2,(H,20,23)(H,21,22)/t16-/m0/s1. The van der Waals surface area contributed by atoms with Crippen molar-refractivity contribution in [2.24, 2.45) is 0 Å². The summed E-state index contributed by atoms with van der Waals surface area (Å²) < 4.78 is 0. The molecule has 0 saturated carbocycles. The van der Waals surface area contributed by atoms with Crippen molar-refractivity contribution in [1.29, 1.82) is 5.26 Å². The van der Waals surface area contributed by atoms with Crippen LogP contribution in [0.2, 0.25) is 0 Å². The first-order chi connectivity index (χ1) is 11.2. The van der Waals surface area contributed by atoms with Crippen molar-refractivity contribution in [3.05, 3.63) is 71.8 Å². The highest BCUT2D eigenvalue weighted by atomic mass is 16.2. The van der Waals surface area contributed by atoms with Crippen molar-refractivity contribution in [1.82, 2.24) is 10.6 Å². The van der Waals surface area contributed by atoms with Gasteiger partial charge in [0.25, 0.3) is 5.91 Å². The summed E-state index contributed by atoms with van der Waals surface area (Å²) in [4.78, 5) is 24.5. The van der Waals surface area contributed by atoms with Gasteiger partial charge >= 0.3 is 0 Å². The zero-order valence-corrected chi connectivity index (χ0v) is 12.5. The van der Waals surface area contributed by atoms with Gasteiger partial charge in [0.2, 0.25) is 5.91 Å². The maximum Gasteiger partial charge on any atom is 0.251 e. The molecule has 0 heterocycles. The lowest BCUT2D eigenvalue weighted by Crippen LogP contribution is -2.48. The monoisotopic (exact) mass is 307 g/mol. The van der Waals surface area contributed by atoms with Crippen LogP contribution in [0.15, 0.2) is 60.7 Å². The average Bonchev–Trinajstić information content (AvgIpc) is 2.60. The van der Waals surface area contributed by atoms with E-state index in [4.69, 9.17) is 5.26 Å². The van der Waals surface area contributed by atoms with Gasteiger partial charge in [-0.15, -0.1) is 0 Å². The Morgan fingerprint density at radius 3 is 2.22 bits per heavy atom. The number of rotatable bonds is 6. The van der Waals surface area contributed by atoms with Gasteiger partial charge in [-0.1, -0.05) is 48.5 Å². The Morgan fingerprint density at radius 2 is 1.61 bits per heavy atom. The molecule has 0 aliphatic rings. The van der Waals surface area contributed by atoms with Gasteiger partial charge in [-0.05, 0) is 17.7 Å². The van der Waals surface area contributed by atoms with E-state index in [9.17, 15) is 9.59 Å². The molecule has 2 aromatic carbocycles. The van der Waals surface area contributed by atoms with Crippen LogP contribution in [-0.2, 0) is 11.2 Å². The first kappa shape index (κ1) is 16.2. The van der Waals surface area contributed by atoms with Crippen molar-refractivity contribution < 1.29 is 9.59 Å². The molecule has 0 spiro atoms. The second-order valence-corrected chi connectivity index (χ2v) is 4.96. The molecule has 0 aliphatic carbocycles. The minimum Gasteiger partial charge on any atom is -0.341 e. The van der Waals surface area contributed by atoms with Gasteiger partial charge < -0.3 is 10.6 Å². The van der Waals surface area contributed by atoms with Crippen molar-refractivity contribution in [3.63, 3.8) is 0 Å². The Hall–Kier alpha value is -3.13. The number of amides is 2. The Kier molecular flexibility index (Phi) is 5.89. The summed E-state index contributed by atoms with van der Waals surface area (Å²) in [6, 6.07) is 19.2. The predicted molar refractivity (Wildman–Crippen MR) is 86.5 cm³/mol. The molecule has 0 radical (unpaired) electrons. The van der Waals surface area contributed by atoms with Crippen LogP contribution in [-0.4, -0.2) is 24.4 Å². The maximum absolute atomic E-state index is 12.3. The molecule has 0 fully saturated rings. The fourth-order valence-electron chi connectivity index (χ4n) is 2.14. The molecular formula is C18H17N3O2. The van der Waals surface area contributed by atoms with Crippen molar-refractivity contribution in [2.45, 2.75) is 12.5 Å². The molecule has 0 aromatic heterocycles. The summed E-state index contributed by atoms with van der Waals surface area (Å²) in [5.41, 5.74) is 1.41. The highest BCUT2D eigenvalue weighted by molar-refractivity contribution is 5.97. The Bertz CT molecular complexity index is 693. The normalized spacial score (nSPS) is 11.1. The zero-order chi connectivity index (χ0) is 16.5. The lowest BCUT2D eigenvalue weighted by molar-refractivity contribution is -0.122. The first-order valence-electron chi connectivity index (χ1n) is 7.25. The molecule has 1 atom stereocenters. The molecular weight excluding hydrogens is 290 g/mol. The SMILES string of the molecule is N#CCNC(=O)[C@H](Cc1ccccc1)NC(=O)c1ccccc1. The Balaban J connectivity index is 2.11. The second-order valence-electron chi connectivity index (χ2n) is 4.96. The molecule has 5 heteroatoms. The number of carbonyl (C=O) groups excluding carboxylic acids is 2. The molecule has 23 heavy (non-hydrogen) atoms. The van der Waals surface area contributed by atoms with Gasteiger partial charge in [-0.3, -0.25) is 9.59 Å². The Labute approximate surface area is 134 Å². The third-order valence-electron chi connectivity index (χ3n) is 3.28. The van der Waals surface area contributed by atoms with E-state index < -0.39 is 6.04 Å². The van der Waals surface area contributed by atoms with E-state index >= 15 is 0 Å². The Morgan fingerprint density at radius 1 is 1.00 bits per heavy atom. The van der Waals surface area contributed by atoms with Crippen LogP contribution in [0.3, 0.4) is 0 Å². The smallest absolute Gasteiger partial charge is 0.251 e. The minimum atomic E-state index is -0.738. The summed E-state index contributed by atoms with van der Waals surface area (Å²) in [5.74, 6) is -0.696. The highest BCUT2D eigenvalue weighted by Gasteiger charge is 2.21. The lowest BCUT2D eigenvalue weighted by atomic mass is 10.0. The van der Waals surface area contributed by atoms with Gasteiger partial charge in [0.15, 0.2) is 0 Å². The number of benzene rings is 2. The van der Waals surface area contributed by atoms with Crippen molar-refractivity contribution in [2.75, 3.05) is 6.54 Å². The summed E-state index contributed by atoms with van der Waals surface area (Å²) in [6.45, 7) is -0.0919. The van der Waals surface area contributed by atoms with Crippen molar-refractivity contribution >= 4 is 11.8 Å². The zero-order valence-electron chi connectivity index (χ0n) is 12.5. The molecule has 0 bridgehead atoms. The molecule has 5 nitrogen and oxygen atoms in total. The number of hydrogen-bond acceptors (Lipinski definition) is 3. The average molecular weight is 307 g/mol. The van der Waals surface area contributed by atoms with E-state index in [-0.39, 0.29) is 18.4 Å². The largest absolute Gasteiger partial charge is 0.341 e. The molecule has 2 amide bonds. The van der Waals surface area contributed by atoms with Gasteiger partial charge in [0.1, 0.15) is 12.6 Å². The highest BCUT2D eigenvalue weighted by Crippen LogP contribution is 2.05. The van der Waals surface area contributed by atoms with E-state index in [0.717, 1.165) is 5.56 Å². The third kappa shape index (κ3) is 4.97. The number of nitrogens with zero attached hydrogens (tertiary/aromatic N) is 1. The number of nitriles is 1. The molecule has 2 N–H and O–H groups in total. The number of carbonyl (C=O) groups is 2. The van der Waals surface area contributed by atoms with Gasteiger partial charge in [0.05, 0.1) is 6.07 Å². The van der Waals surface area contributed by atoms with Crippen LogP contribution in [0.1, 0.15) is 15.9 Å². The first-order valence-corrected chi connectivity index (χ1v) is 7.25. The van der Waals surface area contributed by atoms with Crippen LogP contribution < -0.4 is 10.6 Å². The second kappa shape index (κ2) is 8.35.